The van der Waals surface area contributed by atoms with E-state index in [-0.39, 0.29) is 5.75 Å². The van der Waals surface area contributed by atoms with E-state index in [4.69, 9.17) is 14.5 Å². The van der Waals surface area contributed by atoms with Gasteiger partial charge in [0, 0.05) is 24.3 Å². The standard InChI is InChI=1S/C25H26N4O4S/c1-3-33-24(31)21-12-16(2)29(27-21)15-19-13-18(17-4-6-20(30)7-5-17)14-22-23(19)26-25(34-22)28-8-10-32-11-9-28/h4-7,12-14,30H,3,8-11,15H2,1-2H3. The first-order valence-corrected chi connectivity index (χ1v) is 12.1. The number of ether oxygens (including phenoxy) is 2. The van der Waals surface area contributed by atoms with Gasteiger partial charge in [0.15, 0.2) is 10.8 Å². The molecule has 0 bridgehead atoms. The lowest BCUT2D eigenvalue weighted by atomic mass is 10.0. The van der Waals surface area contributed by atoms with E-state index >= 15 is 0 Å². The minimum Gasteiger partial charge on any atom is -0.508 e. The number of carbonyl (C=O) groups excluding carboxylic acids is 1. The molecule has 0 unspecified atom stereocenters. The molecule has 0 spiro atoms. The fourth-order valence-corrected chi connectivity index (χ4v) is 5.16. The summed E-state index contributed by atoms with van der Waals surface area (Å²) < 4.78 is 13.5. The van der Waals surface area contributed by atoms with Gasteiger partial charge in [-0.25, -0.2) is 9.78 Å². The summed E-state index contributed by atoms with van der Waals surface area (Å²) in [7, 11) is 0. The van der Waals surface area contributed by atoms with E-state index in [1.165, 1.54) is 0 Å². The predicted molar refractivity (Wildman–Crippen MR) is 132 cm³/mol. The van der Waals surface area contributed by atoms with Gasteiger partial charge in [-0.2, -0.15) is 5.10 Å². The molecule has 4 aromatic rings. The molecule has 2 aromatic heterocycles. The summed E-state index contributed by atoms with van der Waals surface area (Å²) in [4.78, 5) is 19.4. The van der Waals surface area contributed by atoms with Crippen LogP contribution in [0.15, 0.2) is 42.5 Å². The summed E-state index contributed by atoms with van der Waals surface area (Å²) in [5.74, 6) is -0.188. The highest BCUT2D eigenvalue weighted by Gasteiger charge is 2.19. The number of anilines is 1. The minimum absolute atomic E-state index is 0.233. The van der Waals surface area contributed by atoms with Crippen LogP contribution in [0.25, 0.3) is 21.3 Å². The molecule has 3 heterocycles. The number of morpholine rings is 1. The van der Waals surface area contributed by atoms with E-state index in [9.17, 15) is 9.90 Å². The maximum atomic E-state index is 12.2. The molecular formula is C25H26N4O4S. The first-order chi connectivity index (χ1) is 16.5. The average molecular weight is 479 g/mol. The first kappa shape index (κ1) is 22.4. The third-order valence-corrected chi connectivity index (χ3v) is 6.89. The normalized spacial score (nSPS) is 14.0. The van der Waals surface area contributed by atoms with Gasteiger partial charge in [0.2, 0.25) is 0 Å². The fraction of sp³-hybridized carbons (Fsp3) is 0.320. The van der Waals surface area contributed by atoms with Crippen LogP contribution >= 0.6 is 11.3 Å². The quantitative estimate of drug-likeness (QED) is 0.415. The predicted octanol–water partition coefficient (Wildman–Crippen LogP) is 4.24. The number of phenols is 1. The second-order valence-electron chi connectivity index (χ2n) is 8.17. The van der Waals surface area contributed by atoms with Gasteiger partial charge in [-0.1, -0.05) is 23.5 Å². The van der Waals surface area contributed by atoms with Crippen molar-refractivity contribution in [3.05, 3.63) is 59.4 Å². The Bertz CT molecular complexity index is 1320. The molecule has 5 rings (SSSR count). The molecule has 0 aliphatic carbocycles. The number of phenolic OH excluding ortho intramolecular Hbond substituents is 1. The van der Waals surface area contributed by atoms with Crippen LogP contribution in [0, 0.1) is 6.92 Å². The zero-order valence-corrected chi connectivity index (χ0v) is 20.0. The second-order valence-corrected chi connectivity index (χ2v) is 9.18. The molecule has 1 aliphatic rings. The number of hydrogen-bond acceptors (Lipinski definition) is 8. The molecule has 1 aliphatic heterocycles. The molecule has 8 nitrogen and oxygen atoms in total. The van der Waals surface area contributed by atoms with Crippen LogP contribution in [0.4, 0.5) is 5.13 Å². The van der Waals surface area contributed by atoms with Crippen LogP contribution in [0.2, 0.25) is 0 Å². The topological polar surface area (TPSA) is 89.7 Å². The Morgan fingerprint density at radius 2 is 1.91 bits per heavy atom. The number of rotatable bonds is 6. The molecule has 0 radical (unpaired) electrons. The van der Waals surface area contributed by atoms with Crippen LogP contribution in [-0.2, 0) is 16.0 Å². The van der Waals surface area contributed by atoms with Crippen molar-refractivity contribution in [1.29, 1.82) is 0 Å². The Hall–Kier alpha value is -3.43. The van der Waals surface area contributed by atoms with Gasteiger partial charge >= 0.3 is 5.97 Å². The number of esters is 1. The van der Waals surface area contributed by atoms with Crippen molar-refractivity contribution in [3.63, 3.8) is 0 Å². The molecule has 9 heteroatoms. The zero-order valence-electron chi connectivity index (χ0n) is 19.2. The third-order valence-electron chi connectivity index (χ3n) is 5.83. The van der Waals surface area contributed by atoms with Gasteiger partial charge in [-0.15, -0.1) is 0 Å². The molecule has 1 N–H and O–H groups in total. The van der Waals surface area contributed by atoms with Gasteiger partial charge in [0.05, 0.1) is 36.6 Å². The fourth-order valence-electron chi connectivity index (χ4n) is 4.05. The molecule has 0 saturated carbocycles. The number of thiazole rings is 1. The number of carbonyl (C=O) groups is 1. The van der Waals surface area contributed by atoms with Crippen molar-refractivity contribution >= 4 is 32.7 Å². The van der Waals surface area contributed by atoms with E-state index in [0.717, 1.165) is 50.8 Å². The maximum absolute atomic E-state index is 12.2. The smallest absolute Gasteiger partial charge is 0.358 e. The zero-order chi connectivity index (χ0) is 23.7. The summed E-state index contributed by atoms with van der Waals surface area (Å²) in [6, 6.07) is 13.2. The lowest BCUT2D eigenvalue weighted by molar-refractivity contribution is 0.0518. The number of benzene rings is 2. The van der Waals surface area contributed by atoms with Gasteiger partial charge in [-0.3, -0.25) is 4.68 Å². The lowest BCUT2D eigenvalue weighted by Crippen LogP contribution is -2.36. The van der Waals surface area contributed by atoms with Crippen LogP contribution in [-0.4, -0.2) is 58.8 Å². The Morgan fingerprint density at radius 3 is 2.65 bits per heavy atom. The molecule has 0 amide bonds. The Balaban J connectivity index is 1.57. The number of aromatic hydroxyl groups is 1. The molecular weight excluding hydrogens is 452 g/mol. The van der Waals surface area contributed by atoms with E-state index in [1.54, 1.807) is 36.5 Å². The molecule has 2 aromatic carbocycles. The number of aryl methyl sites for hydroxylation is 1. The van der Waals surface area contributed by atoms with Crippen molar-refractivity contribution in [3.8, 4) is 16.9 Å². The number of aromatic nitrogens is 3. The summed E-state index contributed by atoms with van der Waals surface area (Å²) >= 11 is 1.67. The lowest BCUT2D eigenvalue weighted by Gasteiger charge is -2.25. The second kappa shape index (κ2) is 9.44. The molecule has 34 heavy (non-hydrogen) atoms. The SMILES string of the molecule is CCOC(=O)c1cc(C)n(Cc2cc(-c3ccc(O)cc3)cc3sc(N4CCOCC4)nc23)n1. The third kappa shape index (κ3) is 4.49. The highest BCUT2D eigenvalue weighted by molar-refractivity contribution is 7.22. The van der Waals surface area contributed by atoms with E-state index in [0.29, 0.717) is 32.1 Å². The minimum atomic E-state index is -0.421. The maximum Gasteiger partial charge on any atom is 0.358 e. The number of fused-ring (bicyclic) bond motifs is 1. The Labute approximate surface area is 201 Å². The van der Waals surface area contributed by atoms with Crippen molar-refractivity contribution in [2.45, 2.75) is 20.4 Å². The number of hydrogen-bond donors (Lipinski definition) is 1. The highest BCUT2D eigenvalue weighted by Crippen LogP contribution is 2.36. The molecule has 176 valence electrons. The van der Waals surface area contributed by atoms with Crippen LogP contribution in [0.5, 0.6) is 5.75 Å². The van der Waals surface area contributed by atoms with Gasteiger partial charge in [-0.05, 0) is 55.3 Å². The Kier molecular flexibility index (Phi) is 6.21. The van der Waals surface area contributed by atoms with Gasteiger partial charge in [0.1, 0.15) is 5.75 Å². The van der Waals surface area contributed by atoms with Crippen LogP contribution in [0.3, 0.4) is 0 Å². The van der Waals surface area contributed by atoms with Crippen molar-refractivity contribution in [1.82, 2.24) is 14.8 Å². The molecule has 1 saturated heterocycles. The first-order valence-electron chi connectivity index (χ1n) is 11.3. The van der Waals surface area contributed by atoms with Gasteiger partial charge in [0.25, 0.3) is 0 Å². The summed E-state index contributed by atoms with van der Waals surface area (Å²) in [5, 5.41) is 15.2. The van der Waals surface area contributed by atoms with E-state index in [1.807, 2.05) is 23.7 Å². The largest absolute Gasteiger partial charge is 0.508 e. The molecule has 1 fully saturated rings. The molecule has 0 atom stereocenters. The van der Waals surface area contributed by atoms with Crippen molar-refractivity contribution in [2.24, 2.45) is 0 Å². The Morgan fingerprint density at radius 1 is 1.15 bits per heavy atom. The van der Waals surface area contributed by atoms with Crippen LogP contribution in [0.1, 0.15) is 28.7 Å². The summed E-state index contributed by atoms with van der Waals surface area (Å²) in [6.45, 7) is 7.53. The van der Waals surface area contributed by atoms with Crippen molar-refractivity contribution in [2.75, 3.05) is 37.8 Å². The average Bonchev–Trinajstić information content (AvgIpc) is 3.44. The monoisotopic (exact) mass is 478 g/mol. The number of nitrogens with zero attached hydrogens (tertiary/aromatic N) is 4. The van der Waals surface area contributed by atoms with E-state index in [2.05, 4.69) is 22.1 Å². The van der Waals surface area contributed by atoms with Crippen LogP contribution < -0.4 is 4.90 Å². The van der Waals surface area contributed by atoms with E-state index < -0.39 is 5.97 Å². The van der Waals surface area contributed by atoms with Gasteiger partial charge < -0.3 is 19.5 Å². The van der Waals surface area contributed by atoms with Crippen molar-refractivity contribution < 1.29 is 19.4 Å². The highest BCUT2D eigenvalue weighted by atomic mass is 32.1. The summed E-state index contributed by atoms with van der Waals surface area (Å²) in [5.41, 5.74) is 5.16. The summed E-state index contributed by atoms with van der Waals surface area (Å²) in [6.07, 6.45) is 0.